The molecular weight excluding hydrogens is 272 g/mol. The molecule has 0 bridgehead atoms. The van der Waals surface area contributed by atoms with E-state index in [2.05, 4.69) is 5.32 Å². The molecule has 1 aromatic rings. The topological polar surface area (TPSA) is 92.5 Å². The van der Waals surface area contributed by atoms with E-state index in [0.29, 0.717) is 6.54 Å². The van der Waals surface area contributed by atoms with Crippen molar-refractivity contribution in [3.05, 3.63) is 38.9 Å². The predicted octanol–water partition coefficient (Wildman–Crippen LogP) is 1.75. The summed E-state index contributed by atoms with van der Waals surface area (Å²) in [6.07, 6.45) is 1.74. The van der Waals surface area contributed by atoms with Crippen molar-refractivity contribution >= 4 is 23.2 Å². The number of aliphatic hydroxyl groups is 1. The minimum atomic E-state index is -0.580. The Balaban J connectivity index is 2.10. The van der Waals surface area contributed by atoms with E-state index in [-0.39, 0.29) is 28.3 Å². The summed E-state index contributed by atoms with van der Waals surface area (Å²) in [5.74, 6) is -0.464. The van der Waals surface area contributed by atoms with Gasteiger partial charge in [-0.15, -0.1) is 0 Å². The summed E-state index contributed by atoms with van der Waals surface area (Å²) in [7, 11) is 0. The van der Waals surface area contributed by atoms with Crippen molar-refractivity contribution in [2.45, 2.75) is 12.8 Å². The van der Waals surface area contributed by atoms with Crippen LogP contribution in [0.25, 0.3) is 0 Å². The molecule has 2 N–H and O–H groups in total. The molecule has 1 fully saturated rings. The van der Waals surface area contributed by atoms with Crippen molar-refractivity contribution in [1.82, 2.24) is 5.32 Å². The quantitative estimate of drug-likeness (QED) is 0.636. The Hall–Kier alpha value is -1.66. The van der Waals surface area contributed by atoms with Crippen LogP contribution < -0.4 is 5.32 Å². The second-order valence-corrected chi connectivity index (χ2v) is 5.17. The lowest BCUT2D eigenvalue weighted by Crippen LogP contribution is -2.32. The second-order valence-electron chi connectivity index (χ2n) is 4.76. The van der Waals surface area contributed by atoms with Crippen LogP contribution in [0.5, 0.6) is 0 Å². The van der Waals surface area contributed by atoms with Crippen molar-refractivity contribution in [2.75, 3.05) is 13.2 Å². The molecule has 1 aromatic carbocycles. The van der Waals surface area contributed by atoms with Crippen LogP contribution in [0.15, 0.2) is 18.2 Å². The van der Waals surface area contributed by atoms with Gasteiger partial charge >= 0.3 is 0 Å². The molecule has 2 rings (SSSR count). The zero-order valence-electron chi connectivity index (χ0n) is 10.1. The summed E-state index contributed by atoms with van der Waals surface area (Å²) in [5, 5.41) is 22.6. The van der Waals surface area contributed by atoms with Crippen LogP contribution in [0.1, 0.15) is 23.2 Å². The summed E-state index contributed by atoms with van der Waals surface area (Å²) >= 11 is 5.86. The summed E-state index contributed by atoms with van der Waals surface area (Å²) in [6.45, 7) is 0.372. The van der Waals surface area contributed by atoms with Gasteiger partial charge in [0.2, 0.25) is 0 Å². The number of nitro benzene ring substituents is 1. The van der Waals surface area contributed by atoms with Gasteiger partial charge < -0.3 is 10.4 Å². The molecule has 0 unspecified atom stereocenters. The van der Waals surface area contributed by atoms with Crippen LogP contribution in [-0.4, -0.2) is 29.1 Å². The van der Waals surface area contributed by atoms with Gasteiger partial charge in [-0.1, -0.05) is 11.6 Å². The van der Waals surface area contributed by atoms with E-state index in [1.54, 1.807) is 0 Å². The number of hydrogen-bond acceptors (Lipinski definition) is 4. The highest BCUT2D eigenvalue weighted by atomic mass is 35.5. The number of rotatable bonds is 5. The summed E-state index contributed by atoms with van der Waals surface area (Å²) in [6, 6.07) is 3.72. The lowest BCUT2D eigenvalue weighted by Gasteiger charge is -2.13. The van der Waals surface area contributed by atoms with Crippen LogP contribution in [0, 0.1) is 15.5 Å². The molecule has 6 nitrogen and oxygen atoms in total. The summed E-state index contributed by atoms with van der Waals surface area (Å²) < 4.78 is 0. The van der Waals surface area contributed by atoms with Crippen molar-refractivity contribution in [2.24, 2.45) is 5.41 Å². The Labute approximate surface area is 114 Å². The third-order valence-corrected chi connectivity index (χ3v) is 3.65. The lowest BCUT2D eigenvalue weighted by molar-refractivity contribution is -0.384. The monoisotopic (exact) mass is 284 g/mol. The number of nitrogens with one attached hydrogen (secondary N) is 1. The van der Waals surface area contributed by atoms with Gasteiger partial charge in [-0.05, 0) is 18.9 Å². The molecular formula is C12H13ClN2O4. The number of carbonyl (C=O) groups excluding carboxylic acids is 1. The largest absolute Gasteiger partial charge is 0.396 e. The van der Waals surface area contributed by atoms with Gasteiger partial charge in [0.05, 0.1) is 22.1 Å². The van der Waals surface area contributed by atoms with Gasteiger partial charge in [-0.25, -0.2) is 0 Å². The smallest absolute Gasteiger partial charge is 0.270 e. The van der Waals surface area contributed by atoms with Gasteiger partial charge in [0.25, 0.3) is 11.6 Å². The van der Waals surface area contributed by atoms with Crippen molar-refractivity contribution in [1.29, 1.82) is 0 Å². The molecule has 0 heterocycles. The molecule has 1 saturated carbocycles. The molecule has 1 aliphatic rings. The van der Waals surface area contributed by atoms with E-state index in [0.717, 1.165) is 18.9 Å². The molecule has 0 aromatic heterocycles. The van der Waals surface area contributed by atoms with Crippen molar-refractivity contribution in [3.8, 4) is 0 Å². The molecule has 7 heteroatoms. The average Bonchev–Trinajstić information content (AvgIpc) is 3.17. The first-order valence-corrected chi connectivity index (χ1v) is 6.18. The highest BCUT2D eigenvalue weighted by Gasteiger charge is 2.42. The van der Waals surface area contributed by atoms with E-state index in [4.69, 9.17) is 16.7 Å². The number of aliphatic hydroxyl groups excluding tert-OH is 1. The normalized spacial score (nSPS) is 15.9. The Morgan fingerprint density at radius 2 is 2.21 bits per heavy atom. The van der Waals surface area contributed by atoms with Gasteiger partial charge in [-0.2, -0.15) is 0 Å². The highest BCUT2D eigenvalue weighted by Crippen LogP contribution is 2.44. The second kappa shape index (κ2) is 5.14. The molecule has 102 valence electrons. The number of benzene rings is 1. The summed E-state index contributed by atoms with van der Waals surface area (Å²) in [5.41, 5.74) is -0.328. The Morgan fingerprint density at radius 1 is 1.53 bits per heavy atom. The van der Waals surface area contributed by atoms with Crippen molar-refractivity contribution < 1.29 is 14.8 Å². The molecule has 0 aliphatic heterocycles. The molecule has 19 heavy (non-hydrogen) atoms. The van der Waals surface area contributed by atoms with Crippen LogP contribution in [-0.2, 0) is 0 Å². The Morgan fingerprint density at radius 3 is 2.74 bits per heavy atom. The molecule has 0 atom stereocenters. The zero-order valence-corrected chi connectivity index (χ0v) is 10.8. The van der Waals surface area contributed by atoms with Crippen LogP contribution in [0.4, 0.5) is 5.69 Å². The first-order valence-electron chi connectivity index (χ1n) is 5.80. The number of hydrogen-bond donors (Lipinski definition) is 2. The molecule has 0 radical (unpaired) electrons. The summed E-state index contributed by atoms with van der Waals surface area (Å²) in [4.78, 5) is 22.0. The van der Waals surface area contributed by atoms with E-state index in [1.165, 1.54) is 12.1 Å². The minimum absolute atomic E-state index is 0.0238. The van der Waals surface area contributed by atoms with E-state index in [9.17, 15) is 14.9 Å². The van der Waals surface area contributed by atoms with Gasteiger partial charge in [-0.3, -0.25) is 14.9 Å². The fourth-order valence-electron chi connectivity index (χ4n) is 1.73. The van der Waals surface area contributed by atoms with Gasteiger partial charge in [0.15, 0.2) is 0 Å². The number of carbonyl (C=O) groups is 1. The molecule has 0 saturated heterocycles. The minimum Gasteiger partial charge on any atom is -0.396 e. The first-order chi connectivity index (χ1) is 8.97. The van der Waals surface area contributed by atoms with E-state index in [1.807, 2.05) is 0 Å². The standard InChI is InChI=1S/C12H13ClN2O4/c13-10-2-1-8(15(18)19)5-9(10)11(17)14-6-12(7-16)3-4-12/h1-2,5,16H,3-4,6-7H2,(H,14,17). The van der Waals surface area contributed by atoms with Crippen LogP contribution >= 0.6 is 11.6 Å². The lowest BCUT2D eigenvalue weighted by atomic mass is 10.1. The third kappa shape index (κ3) is 3.02. The Kier molecular flexibility index (Phi) is 3.73. The van der Waals surface area contributed by atoms with E-state index >= 15 is 0 Å². The number of nitro groups is 1. The Bertz CT molecular complexity index is 528. The van der Waals surface area contributed by atoms with Crippen LogP contribution in [0.2, 0.25) is 5.02 Å². The third-order valence-electron chi connectivity index (χ3n) is 3.32. The SMILES string of the molecule is O=C(NCC1(CO)CC1)c1cc([N+](=O)[O-])ccc1Cl. The first kappa shape index (κ1) is 13.8. The van der Waals surface area contributed by atoms with E-state index < -0.39 is 10.8 Å². The zero-order chi connectivity index (χ0) is 14.0. The number of amides is 1. The fraction of sp³-hybridized carbons (Fsp3) is 0.417. The maximum Gasteiger partial charge on any atom is 0.270 e. The number of halogens is 1. The highest BCUT2D eigenvalue weighted by molar-refractivity contribution is 6.33. The van der Waals surface area contributed by atoms with Crippen LogP contribution in [0.3, 0.4) is 0 Å². The van der Waals surface area contributed by atoms with Gasteiger partial charge in [0, 0.05) is 24.1 Å². The predicted molar refractivity (Wildman–Crippen MR) is 69.2 cm³/mol. The maximum absolute atomic E-state index is 11.9. The van der Waals surface area contributed by atoms with Gasteiger partial charge in [0.1, 0.15) is 0 Å². The average molecular weight is 285 g/mol. The maximum atomic E-state index is 11.9. The molecule has 1 amide bonds. The van der Waals surface area contributed by atoms with Crippen molar-refractivity contribution in [3.63, 3.8) is 0 Å². The molecule has 0 spiro atoms. The molecule has 1 aliphatic carbocycles. The number of non-ortho nitro benzene ring substituents is 1. The fourth-order valence-corrected chi connectivity index (χ4v) is 1.93. The number of nitrogens with zero attached hydrogens (tertiary/aromatic N) is 1.